The molecule has 1 aromatic carbocycles. The maximum absolute atomic E-state index is 14.6. The van der Waals surface area contributed by atoms with Crippen molar-refractivity contribution in [1.29, 1.82) is 0 Å². The minimum atomic E-state index is -1.81. The zero-order chi connectivity index (χ0) is 30.6. The Labute approximate surface area is 253 Å². The van der Waals surface area contributed by atoms with Gasteiger partial charge in [-0.1, -0.05) is 11.6 Å². The Kier molecular flexibility index (Phi) is 7.76. The van der Waals surface area contributed by atoms with Gasteiger partial charge >= 0.3 is 6.09 Å². The van der Waals surface area contributed by atoms with E-state index in [9.17, 15) is 9.18 Å². The van der Waals surface area contributed by atoms with Crippen molar-refractivity contribution in [3.05, 3.63) is 64.3 Å². The number of hydrogen-bond donors (Lipinski definition) is 1. The molecule has 1 amide bonds. The molecule has 4 heterocycles. The van der Waals surface area contributed by atoms with Gasteiger partial charge in [-0.15, -0.1) is 5.11 Å². The summed E-state index contributed by atoms with van der Waals surface area (Å²) in [4.78, 5) is 16.7. The number of nitrogens with one attached hydrogen (secondary N) is 1. The number of aromatic nitrogens is 5. The number of anilines is 1. The molecule has 0 saturated carbocycles. The van der Waals surface area contributed by atoms with Gasteiger partial charge < -0.3 is 9.47 Å². The summed E-state index contributed by atoms with van der Waals surface area (Å²) >= 11 is 6.72. The van der Waals surface area contributed by atoms with Crippen LogP contribution in [0.2, 0.25) is 10.3 Å². The summed E-state index contributed by atoms with van der Waals surface area (Å²) in [5.74, 6) is -0.356. The first kappa shape index (κ1) is 29.9. The molecule has 0 saturated heterocycles. The lowest BCUT2D eigenvalue weighted by Crippen LogP contribution is -2.30. The van der Waals surface area contributed by atoms with Crippen LogP contribution < -0.4 is 10.1 Å². The topological polar surface area (TPSA) is 96.1 Å². The Hall–Kier alpha value is -3.60. The fourth-order valence-electron chi connectivity index (χ4n) is 4.95. The number of hydrogen-bond acceptors (Lipinski definition) is 6. The molecular formula is C26H21B5ClFN6O3. The van der Waals surface area contributed by atoms with Gasteiger partial charge in [0.05, 0.1) is 57.2 Å². The zero-order valence-electron chi connectivity index (χ0n) is 23.1. The van der Waals surface area contributed by atoms with Crippen LogP contribution in [-0.2, 0) is 23.5 Å². The largest absolute Gasteiger partial charge is 0.482 e. The van der Waals surface area contributed by atoms with Gasteiger partial charge in [0.25, 0.3) is 0 Å². The van der Waals surface area contributed by atoms with Crippen LogP contribution in [0.1, 0.15) is 36.6 Å². The molecule has 5 rings (SSSR count). The van der Waals surface area contributed by atoms with Crippen LogP contribution in [0.4, 0.5) is 15.0 Å². The van der Waals surface area contributed by atoms with Gasteiger partial charge in [0, 0.05) is 48.2 Å². The lowest BCUT2D eigenvalue weighted by molar-refractivity contribution is 0.167. The van der Waals surface area contributed by atoms with E-state index in [1.54, 1.807) is 39.2 Å². The zero-order valence-corrected chi connectivity index (χ0v) is 23.8. The number of pyridine rings is 1. The lowest BCUT2D eigenvalue weighted by Gasteiger charge is -2.30. The number of benzene rings is 1. The Morgan fingerprint density at radius 2 is 2.00 bits per heavy atom. The van der Waals surface area contributed by atoms with Gasteiger partial charge in [-0.25, -0.2) is 14.2 Å². The molecule has 16 heteroatoms. The van der Waals surface area contributed by atoms with Crippen LogP contribution in [0.5, 0.6) is 5.75 Å². The van der Waals surface area contributed by atoms with Gasteiger partial charge in [-0.3, -0.25) is 14.7 Å². The van der Waals surface area contributed by atoms with Crippen molar-refractivity contribution in [1.82, 2.24) is 24.5 Å². The van der Waals surface area contributed by atoms with Gasteiger partial charge in [0.2, 0.25) is 0 Å². The minimum Gasteiger partial charge on any atom is -0.482 e. The highest BCUT2D eigenvalue weighted by molar-refractivity contribution is 6.58. The van der Waals surface area contributed by atoms with Crippen LogP contribution in [0.25, 0.3) is 22.5 Å². The molecule has 10 radical (unpaired) electrons. The van der Waals surface area contributed by atoms with Crippen molar-refractivity contribution < 1.29 is 18.7 Å². The van der Waals surface area contributed by atoms with Gasteiger partial charge in [-0.05, 0) is 48.9 Å². The first-order valence-corrected chi connectivity index (χ1v) is 13.2. The van der Waals surface area contributed by atoms with E-state index >= 15 is 0 Å². The van der Waals surface area contributed by atoms with Crippen LogP contribution in [-0.4, -0.2) is 76.5 Å². The van der Waals surface area contributed by atoms with E-state index in [0.29, 0.717) is 27.9 Å². The summed E-state index contributed by atoms with van der Waals surface area (Å²) in [7, 11) is 33.4. The fraction of sp³-hybridized carbons (Fsp3) is 0.308. The predicted molar refractivity (Wildman–Crippen MR) is 161 cm³/mol. The fourth-order valence-corrected chi connectivity index (χ4v) is 5.29. The van der Waals surface area contributed by atoms with Crippen LogP contribution in [0.3, 0.4) is 0 Å². The van der Waals surface area contributed by atoms with E-state index in [0.717, 1.165) is 0 Å². The molecule has 3 aromatic heterocycles. The lowest BCUT2D eigenvalue weighted by atomic mass is 9.42. The maximum atomic E-state index is 14.6. The number of halogens is 2. The Morgan fingerprint density at radius 1 is 1.26 bits per heavy atom. The summed E-state index contributed by atoms with van der Waals surface area (Å²) in [6, 6.07) is 5.75. The summed E-state index contributed by atoms with van der Waals surface area (Å²) < 4.78 is 28.9. The van der Waals surface area contributed by atoms with E-state index in [1.807, 2.05) is 0 Å². The average Bonchev–Trinajstić information content (AvgIpc) is 3.43. The molecule has 0 aliphatic carbocycles. The number of aryl methyl sites for hydroxylation is 1. The number of fused-ring (bicyclic) bond motifs is 7. The van der Waals surface area contributed by atoms with Crippen molar-refractivity contribution in [2.75, 3.05) is 11.9 Å². The van der Waals surface area contributed by atoms with E-state index < -0.39 is 28.3 Å². The van der Waals surface area contributed by atoms with Crippen LogP contribution in [0.15, 0.2) is 36.7 Å². The average molecular weight is 574 g/mol. The second-order valence-corrected chi connectivity index (χ2v) is 10.5. The second-order valence-electron chi connectivity index (χ2n) is 10.1. The predicted octanol–water partition coefficient (Wildman–Crippen LogP) is 3.28. The van der Waals surface area contributed by atoms with E-state index in [2.05, 4.69) is 20.5 Å². The Bertz CT molecular complexity index is 1690. The first-order chi connectivity index (χ1) is 19.7. The molecule has 1 atom stereocenters. The summed E-state index contributed by atoms with van der Waals surface area (Å²) in [5, 5.41) is 8.02. The molecule has 0 spiro atoms. The van der Waals surface area contributed by atoms with Crippen LogP contribution >= 0.6 is 11.6 Å². The maximum Gasteiger partial charge on any atom is 0.412 e. The number of ether oxygens (including phenoxy) is 2. The number of carbonyl (C=O) groups is 1. The molecule has 1 aliphatic heterocycles. The highest BCUT2D eigenvalue weighted by Gasteiger charge is 2.37. The monoisotopic (exact) mass is 574 g/mol. The van der Waals surface area contributed by atoms with Crippen molar-refractivity contribution >= 4 is 62.7 Å². The summed E-state index contributed by atoms with van der Waals surface area (Å²) in [5.41, 5.74) is 2.50. The molecule has 1 N–H and O–H groups in total. The van der Waals surface area contributed by atoms with Gasteiger partial charge in [-0.2, -0.15) is 10.2 Å². The van der Waals surface area contributed by atoms with E-state index in [4.69, 9.17) is 60.3 Å². The molecule has 9 nitrogen and oxygen atoms in total. The van der Waals surface area contributed by atoms with Gasteiger partial charge in [0.15, 0.2) is 16.7 Å². The number of rotatable bonds is 4. The van der Waals surface area contributed by atoms with Crippen molar-refractivity contribution in [2.45, 2.75) is 36.8 Å². The number of nitrogens with zero attached hydrogens (tertiary/aromatic N) is 5. The molecule has 1 aliphatic rings. The quantitative estimate of drug-likeness (QED) is 0.377. The molecule has 202 valence electrons. The Morgan fingerprint density at radius 3 is 2.69 bits per heavy atom. The third kappa shape index (κ3) is 5.58. The molecule has 0 unspecified atom stereocenters. The van der Waals surface area contributed by atoms with Crippen molar-refractivity contribution in [3.8, 4) is 28.3 Å². The summed E-state index contributed by atoms with van der Waals surface area (Å²) in [6.07, 6.45) is 1.54. The minimum absolute atomic E-state index is 0.0360. The molecule has 0 fully saturated rings. The van der Waals surface area contributed by atoms with E-state index in [-0.39, 0.29) is 41.1 Å². The SMILES string of the molecule is [B]C([B])([B])Cn1nc(Cl)c2c1-c1cnc(NC(=O)OCC)c(c1)O[C@H](C)c1cc(F)ccc1-c1nn(C)cc1C2([B])[B]. The van der Waals surface area contributed by atoms with Crippen molar-refractivity contribution in [3.63, 3.8) is 0 Å². The smallest absolute Gasteiger partial charge is 0.412 e. The highest BCUT2D eigenvalue weighted by atomic mass is 35.5. The molecule has 4 aromatic rings. The van der Waals surface area contributed by atoms with Crippen molar-refractivity contribution in [2.24, 2.45) is 7.05 Å². The third-order valence-electron chi connectivity index (χ3n) is 6.65. The molecule has 42 heavy (non-hydrogen) atoms. The Balaban J connectivity index is 1.86. The number of carbonyl (C=O) groups excluding carboxylic acids is 1. The van der Waals surface area contributed by atoms with Gasteiger partial charge in [0.1, 0.15) is 11.9 Å². The van der Waals surface area contributed by atoms with Crippen LogP contribution in [0, 0.1) is 5.82 Å². The number of amides is 1. The second kappa shape index (κ2) is 10.9. The summed E-state index contributed by atoms with van der Waals surface area (Å²) in [6.45, 7) is 3.31. The molecular weight excluding hydrogens is 553 g/mol. The standard InChI is InChI=1S/C26H21B5ClFN6O3/c1-4-41-24(40)35-23-18-7-13(9-34-23)21-19(22(32)37-39(21)11-25(27,28)29)26(30,31)17-10-38(3)36-20(17)15-6-5-14(33)8-16(15)12(2)42-18/h5-10,12H,4,11H2,1-3H3,(H,34,35,40)/t12-/m1/s1. The highest BCUT2D eigenvalue weighted by Crippen LogP contribution is 2.45. The van der Waals surface area contributed by atoms with E-state index in [1.165, 1.54) is 27.7 Å². The normalized spacial score (nSPS) is 15.7. The first-order valence-electron chi connectivity index (χ1n) is 12.9. The molecule has 2 bridgehead atoms. The third-order valence-corrected chi connectivity index (χ3v) is 6.92.